The minimum absolute atomic E-state index is 0.0626. The first kappa shape index (κ1) is 12.6. The Morgan fingerprint density at radius 3 is 2.74 bits per heavy atom. The molecule has 2 fully saturated rings. The number of nitrogens with zero attached hydrogens (tertiary/aromatic N) is 1. The van der Waals surface area contributed by atoms with Gasteiger partial charge in [0, 0.05) is 18.2 Å². The van der Waals surface area contributed by atoms with Crippen LogP contribution in [0.2, 0.25) is 0 Å². The van der Waals surface area contributed by atoms with Crippen molar-refractivity contribution in [1.82, 2.24) is 10.2 Å². The molecule has 1 aliphatic heterocycles. The second kappa shape index (κ2) is 5.29. The summed E-state index contributed by atoms with van der Waals surface area (Å²) in [6, 6.07) is 6.98. The smallest absolute Gasteiger partial charge is 0.240 e. The third kappa shape index (κ3) is 2.78. The molecule has 2 aliphatic rings. The first-order chi connectivity index (χ1) is 9.25. The van der Waals surface area contributed by atoms with E-state index in [1.807, 2.05) is 11.0 Å². The molecule has 1 aromatic rings. The van der Waals surface area contributed by atoms with Crippen LogP contribution in [-0.2, 0) is 11.3 Å². The van der Waals surface area contributed by atoms with Crippen LogP contribution in [0.25, 0.3) is 0 Å². The number of rotatable bonds is 4. The van der Waals surface area contributed by atoms with Gasteiger partial charge in [0.2, 0.25) is 5.91 Å². The molecular formula is C15H19FN2O. The quantitative estimate of drug-likeness (QED) is 0.901. The van der Waals surface area contributed by atoms with Gasteiger partial charge in [-0.25, -0.2) is 4.39 Å². The van der Waals surface area contributed by atoms with Crippen LogP contribution in [0.1, 0.15) is 31.2 Å². The van der Waals surface area contributed by atoms with Crippen molar-refractivity contribution in [3.63, 3.8) is 0 Å². The largest absolute Gasteiger partial charge is 0.334 e. The van der Waals surface area contributed by atoms with Crippen molar-refractivity contribution < 1.29 is 9.18 Å². The highest BCUT2D eigenvalue weighted by Crippen LogP contribution is 2.30. The molecule has 19 heavy (non-hydrogen) atoms. The van der Waals surface area contributed by atoms with Gasteiger partial charge in [-0.2, -0.15) is 0 Å². The summed E-state index contributed by atoms with van der Waals surface area (Å²) in [6.07, 6.45) is 4.05. The Morgan fingerprint density at radius 1 is 1.32 bits per heavy atom. The minimum Gasteiger partial charge on any atom is -0.334 e. The zero-order valence-corrected chi connectivity index (χ0v) is 10.9. The van der Waals surface area contributed by atoms with Crippen LogP contribution in [-0.4, -0.2) is 29.4 Å². The molecule has 1 saturated carbocycles. The fraction of sp³-hybridized carbons (Fsp3) is 0.533. The van der Waals surface area contributed by atoms with Gasteiger partial charge >= 0.3 is 0 Å². The van der Waals surface area contributed by atoms with Crippen LogP contribution >= 0.6 is 0 Å². The number of hydrogen-bond donors (Lipinski definition) is 1. The SMILES string of the molecule is O=C([C@H]1CCCN1)N(Cc1ccccc1F)C1CC1. The van der Waals surface area contributed by atoms with E-state index in [0.717, 1.165) is 32.2 Å². The van der Waals surface area contributed by atoms with E-state index in [-0.39, 0.29) is 17.8 Å². The first-order valence-electron chi connectivity index (χ1n) is 7.03. The Bertz CT molecular complexity index is 467. The second-order valence-electron chi connectivity index (χ2n) is 5.44. The summed E-state index contributed by atoms with van der Waals surface area (Å²) in [5.74, 6) is -0.0800. The van der Waals surface area contributed by atoms with E-state index in [2.05, 4.69) is 5.32 Å². The molecule has 1 saturated heterocycles. The molecule has 0 aromatic heterocycles. The maximum Gasteiger partial charge on any atom is 0.240 e. The van der Waals surface area contributed by atoms with E-state index in [0.29, 0.717) is 18.2 Å². The summed E-state index contributed by atoms with van der Waals surface area (Å²) < 4.78 is 13.7. The zero-order chi connectivity index (χ0) is 13.2. The van der Waals surface area contributed by atoms with Gasteiger partial charge in [0.25, 0.3) is 0 Å². The van der Waals surface area contributed by atoms with Gasteiger partial charge in [0.15, 0.2) is 0 Å². The average molecular weight is 262 g/mol. The van der Waals surface area contributed by atoms with E-state index in [9.17, 15) is 9.18 Å². The molecule has 1 heterocycles. The summed E-state index contributed by atoms with van der Waals surface area (Å²) >= 11 is 0. The van der Waals surface area contributed by atoms with Crippen LogP contribution in [0.3, 0.4) is 0 Å². The molecular weight excluding hydrogens is 243 g/mol. The van der Waals surface area contributed by atoms with Crippen LogP contribution in [0.5, 0.6) is 0 Å². The average Bonchev–Trinajstić information content (AvgIpc) is 3.11. The number of halogens is 1. The first-order valence-corrected chi connectivity index (χ1v) is 7.03. The van der Waals surface area contributed by atoms with Crippen molar-refractivity contribution in [2.75, 3.05) is 6.54 Å². The molecule has 0 radical (unpaired) electrons. The van der Waals surface area contributed by atoms with Gasteiger partial charge in [0.05, 0.1) is 6.04 Å². The van der Waals surface area contributed by atoms with E-state index < -0.39 is 0 Å². The fourth-order valence-electron chi connectivity index (χ4n) is 2.68. The summed E-state index contributed by atoms with van der Waals surface area (Å²) in [5, 5.41) is 3.23. The predicted molar refractivity (Wildman–Crippen MR) is 71.0 cm³/mol. The summed E-state index contributed by atoms with van der Waals surface area (Å²) in [5.41, 5.74) is 0.612. The Kier molecular flexibility index (Phi) is 3.51. The second-order valence-corrected chi connectivity index (χ2v) is 5.44. The van der Waals surface area contributed by atoms with Crippen molar-refractivity contribution in [2.24, 2.45) is 0 Å². The fourth-order valence-corrected chi connectivity index (χ4v) is 2.68. The highest BCUT2D eigenvalue weighted by molar-refractivity contribution is 5.82. The minimum atomic E-state index is -0.222. The molecule has 1 aromatic carbocycles. The molecule has 1 aliphatic carbocycles. The van der Waals surface area contributed by atoms with E-state index >= 15 is 0 Å². The van der Waals surface area contributed by atoms with Crippen LogP contribution in [0, 0.1) is 5.82 Å². The molecule has 0 spiro atoms. The lowest BCUT2D eigenvalue weighted by atomic mass is 10.1. The lowest BCUT2D eigenvalue weighted by Crippen LogP contribution is -2.44. The van der Waals surface area contributed by atoms with Gasteiger partial charge in [-0.15, -0.1) is 0 Å². The lowest BCUT2D eigenvalue weighted by Gasteiger charge is -2.26. The van der Waals surface area contributed by atoms with Crippen LogP contribution in [0.4, 0.5) is 4.39 Å². The summed E-state index contributed by atoms with van der Waals surface area (Å²) in [6.45, 7) is 1.31. The molecule has 0 unspecified atom stereocenters. The van der Waals surface area contributed by atoms with Crippen molar-refractivity contribution in [3.8, 4) is 0 Å². The Labute approximate surface area is 112 Å². The summed E-state index contributed by atoms with van der Waals surface area (Å²) in [7, 11) is 0. The zero-order valence-electron chi connectivity index (χ0n) is 10.9. The van der Waals surface area contributed by atoms with Gasteiger partial charge in [-0.1, -0.05) is 18.2 Å². The third-order valence-electron chi connectivity index (χ3n) is 3.93. The van der Waals surface area contributed by atoms with E-state index in [1.165, 1.54) is 6.07 Å². The molecule has 3 nitrogen and oxygen atoms in total. The number of benzene rings is 1. The maximum atomic E-state index is 13.7. The van der Waals surface area contributed by atoms with Gasteiger partial charge in [-0.05, 0) is 38.3 Å². The number of amides is 1. The van der Waals surface area contributed by atoms with E-state index in [4.69, 9.17) is 0 Å². The van der Waals surface area contributed by atoms with Gasteiger partial charge in [-0.3, -0.25) is 4.79 Å². The molecule has 1 atom stereocenters. The molecule has 1 amide bonds. The standard InChI is InChI=1S/C15H19FN2O/c16-13-5-2-1-4-11(13)10-18(12-7-8-12)15(19)14-6-3-9-17-14/h1-2,4-5,12,14,17H,3,6-10H2/t14-/m1/s1. The van der Waals surface area contributed by atoms with Crippen molar-refractivity contribution >= 4 is 5.91 Å². The molecule has 102 valence electrons. The van der Waals surface area contributed by atoms with Gasteiger partial charge < -0.3 is 10.2 Å². The van der Waals surface area contributed by atoms with Crippen LogP contribution in [0.15, 0.2) is 24.3 Å². The third-order valence-corrected chi connectivity index (χ3v) is 3.93. The topological polar surface area (TPSA) is 32.3 Å². The predicted octanol–water partition coefficient (Wildman–Crippen LogP) is 2.07. The van der Waals surface area contributed by atoms with Crippen molar-refractivity contribution in [2.45, 2.75) is 44.3 Å². The summed E-state index contributed by atoms with van der Waals surface area (Å²) in [4.78, 5) is 14.3. The molecule has 0 bridgehead atoms. The Morgan fingerprint density at radius 2 is 2.11 bits per heavy atom. The van der Waals surface area contributed by atoms with Gasteiger partial charge in [0.1, 0.15) is 5.82 Å². The number of carbonyl (C=O) groups excluding carboxylic acids is 1. The lowest BCUT2D eigenvalue weighted by molar-refractivity contribution is -0.134. The van der Waals surface area contributed by atoms with Crippen LogP contribution < -0.4 is 5.32 Å². The number of nitrogens with one attached hydrogen (secondary N) is 1. The van der Waals surface area contributed by atoms with E-state index in [1.54, 1.807) is 12.1 Å². The highest BCUT2D eigenvalue weighted by atomic mass is 19.1. The highest BCUT2D eigenvalue weighted by Gasteiger charge is 2.36. The Balaban J connectivity index is 1.74. The maximum absolute atomic E-state index is 13.7. The van der Waals surface area contributed by atoms with Crippen molar-refractivity contribution in [3.05, 3.63) is 35.6 Å². The molecule has 4 heteroatoms. The number of hydrogen-bond acceptors (Lipinski definition) is 2. The molecule has 1 N–H and O–H groups in total. The Hall–Kier alpha value is -1.42. The molecule has 3 rings (SSSR count). The number of carbonyl (C=O) groups is 1. The van der Waals surface area contributed by atoms with Crippen molar-refractivity contribution in [1.29, 1.82) is 0 Å². The monoisotopic (exact) mass is 262 g/mol. The normalized spacial score (nSPS) is 22.5.